The van der Waals surface area contributed by atoms with Gasteiger partial charge in [0, 0.05) is 45.4 Å². The van der Waals surface area contributed by atoms with Gasteiger partial charge in [0.25, 0.3) is 5.91 Å². The minimum Gasteiger partial charge on any atom is -0.381 e. The average Bonchev–Trinajstić information content (AvgIpc) is 3.05. The zero-order valence-corrected chi connectivity index (χ0v) is 17.7. The van der Waals surface area contributed by atoms with Crippen LogP contribution in [0.1, 0.15) is 33.6 Å². The Morgan fingerprint density at radius 2 is 2.03 bits per heavy atom. The Balaban J connectivity index is 1.48. The van der Waals surface area contributed by atoms with Crippen molar-refractivity contribution in [1.82, 2.24) is 0 Å². The maximum absolute atomic E-state index is 13.5. The summed E-state index contributed by atoms with van der Waals surface area (Å²) in [5.41, 5.74) is 2.38. The first kappa shape index (κ1) is 20.2. The molecule has 1 atom stereocenters. The Labute approximate surface area is 175 Å². The van der Waals surface area contributed by atoms with Crippen molar-refractivity contribution in [3.63, 3.8) is 0 Å². The third-order valence-electron chi connectivity index (χ3n) is 5.14. The fourth-order valence-corrected chi connectivity index (χ4v) is 6.10. The molecule has 0 spiro atoms. The third kappa shape index (κ3) is 4.57. The standard InChI is InChI=1S/C22H22FNO3S2/c1-14-19-12-16(23)5-6-20(19)28-21(14)22(25)24-17-4-2-3-15(11-17)13-29(26)18-7-9-27-10-8-18/h2-6,11-12,18H,7-10,13H2,1H3,(H,24,25). The van der Waals surface area contributed by atoms with E-state index in [-0.39, 0.29) is 17.0 Å². The summed E-state index contributed by atoms with van der Waals surface area (Å²) >= 11 is 1.35. The maximum atomic E-state index is 13.5. The number of halogens is 1. The number of hydrogen-bond acceptors (Lipinski definition) is 4. The van der Waals surface area contributed by atoms with Crippen molar-refractivity contribution in [3.8, 4) is 0 Å². The van der Waals surface area contributed by atoms with Crippen LogP contribution in [0.2, 0.25) is 0 Å². The van der Waals surface area contributed by atoms with E-state index in [0.717, 1.165) is 34.1 Å². The van der Waals surface area contributed by atoms with Gasteiger partial charge in [0.2, 0.25) is 0 Å². The summed E-state index contributed by atoms with van der Waals surface area (Å²) in [5, 5.41) is 3.86. The number of amides is 1. The van der Waals surface area contributed by atoms with Gasteiger partial charge in [-0.25, -0.2) is 4.39 Å². The van der Waals surface area contributed by atoms with E-state index in [9.17, 15) is 13.4 Å². The Hall–Kier alpha value is -2.09. The molecule has 2 heterocycles. The molecule has 4 nitrogen and oxygen atoms in total. The van der Waals surface area contributed by atoms with Gasteiger partial charge < -0.3 is 10.1 Å². The number of aryl methyl sites for hydroxylation is 1. The Morgan fingerprint density at radius 3 is 2.83 bits per heavy atom. The van der Waals surface area contributed by atoms with Gasteiger partial charge in [-0.05, 0) is 66.6 Å². The molecule has 1 N–H and O–H groups in total. The lowest BCUT2D eigenvalue weighted by atomic mass is 10.1. The highest BCUT2D eigenvalue weighted by Gasteiger charge is 2.21. The van der Waals surface area contributed by atoms with Gasteiger partial charge in [-0.2, -0.15) is 0 Å². The van der Waals surface area contributed by atoms with Crippen LogP contribution in [0.25, 0.3) is 10.1 Å². The van der Waals surface area contributed by atoms with Crippen LogP contribution in [-0.2, 0) is 21.3 Å². The molecular weight excluding hydrogens is 409 g/mol. The molecule has 1 aromatic heterocycles. The van der Waals surface area contributed by atoms with E-state index in [1.165, 1.54) is 23.5 Å². The molecule has 0 aliphatic carbocycles. The van der Waals surface area contributed by atoms with Crippen molar-refractivity contribution in [3.05, 3.63) is 64.3 Å². The van der Waals surface area contributed by atoms with Crippen LogP contribution in [0.15, 0.2) is 42.5 Å². The van der Waals surface area contributed by atoms with Crippen LogP contribution in [0.5, 0.6) is 0 Å². The number of rotatable bonds is 5. The first-order valence-corrected chi connectivity index (χ1v) is 11.7. The van der Waals surface area contributed by atoms with Crippen LogP contribution in [0.4, 0.5) is 10.1 Å². The molecule has 152 valence electrons. The highest BCUT2D eigenvalue weighted by atomic mass is 32.2. The molecule has 1 saturated heterocycles. The molecule has 0 bridgehead atoms. The summed E-state index contributed by atoms with van der Waals surface area (Å²) in [6.07, 6.45) is 1.66. The molecule has 1 aliphatic rings. The van der Waals surface area contributed by atoms with Crippen molar-refractivity contribution in [2.45, 2.75) is 30.8 Å². The molecule has 0 saturated carbocycles. The molecule has 4 rings (SSSR count). The summed E-state index contributed by atoms with van der Waals surface area (Å²) in [6.45, 7) is 3.18. The quantitative estimate of drug-likeness (QED) is 0.617. The van der Waals surface area contributed by atoms with Crippen molar-refractivity contribution in [2.24, 2.45) is 0 Å². The van der Waals surface area contributed by atoms with Crippen LogP contribution >= 0.6 is 11.3 Å². The largest absolute Gasteiger partial charge is 0.381 e. The van der Waals surface area contributed by atoms with Crippen LogP contribution in [-0.4, -0.2) is 28.6 Å². The van der Waals surface area contributed by atoms with Gasteiger partial charge in [-0.1, -0.05) is 12.1 Å². The molecule has 29 heavy (non-hydrogen) atoms. The lowest BCUT2D eigenvalue weighted by Crippen LogP contribution is -2.25. The van der Waals surface area contributed by atoms with Crippen molar-refractivity contribution < 1.29 is 18.1 Å². The molecule has 2 aromatic carbocycles. The topological polar surface area (TPSA) is 55.4 Å². The van der Waals surface area contributed by atoms with Crippen molar-refractivity contribution in [2.75, 3.05) is 18.5 Å². The number of fused-ring (bicyclic) bond motifs is 1. The number of carbonyl (C=O) groups is 1. The molecular formula is C22H22FNO3S2. The summed E-state index contributed by atoms with van der Waals surface area (Å²) in [5.74, 6) is -0.0577. The normalized spacial score (nSPS) is 16.1. The lowest BCUT2D eigenvalue weighted by molar-refractivity contribution is 0.0991. The Kier molecular flexibility index (Phi) is 6.08. The predicted octanol–water partition coefficient (Wildman–Crippen LogP) is 5.03. The van der Waals surface area contributed by atoms with Gasteiger partial charge in [0.15, 0.2) is 0 Å². The monoisotopic (exact) mass is 431 g/mol. The summed E-state index contributed by atoms with van der Waals surface area (Å²) < 4.78 is 32.4. The second kappa shape index (κ2) is 8.73. The molecule has 1 unspecified atom stereocenters. The van der Waals surface area contributed by atoms with E-state index in [4.69, 9.17) is 4.74 Å². The minimum atomic E-state index is -0.957. The summed E-state index contributed by atoms with van der Waals surface area (Å²) in [4.78, 5) is 13.4. The molecule has 3 aromatic rings. The lowest BCUT2D eigenvalue weighted by Gasteiger charge is -2.21. The van der Waals surface area contributed by atoms with Gasteiger partial charge in [0.05, 0.1) is 4.88 Å². The zero-order valence-electron chi connectivity index (χ0n) is 16.1. The van der Waals surface area contributed by atoms with Crippen LogP contribution in [0, 0.1) is 12.7 Å². The van der Waals surface area contributed by atoms with Crippen molar-refractivity contribution in [1.29, 1.82) is 0 Å². The van der Waals surface area contributed by atoms with Gasteiger partial charge in [0.1, 0.15) is 5.82 Å². The average molecular weight is 432 g/mol. The van der Waals surface area contributed by atoms with Crippen LogP contribution in [0.3, 0.4) is 0 Å². The second-order valence-electron chi connectivity index (χ2n) is 7.19. The van der Waals surface area contributed by atoms with E-state index >= 15 is 0 Å². The molecule has 1 fully saturated rings. The fraction of sp³-hybridized carbons (Fsp3) is 0.318. The smallest absolute Gasteiger partial charge is 0.266 e. The molecule has 1 amide bonds. The number of thiophene rings is 1. The fourth-order valence-electron chi connectivity index (χ4n) is 3.56. The van der Waals surface area contributed by atoms with Crippen molar-refractivity contribution >= 4 is 43.8 Å². The zero-order chi connectivity index (χ0) is 20.4. The molecule has 7 heteroatoms. The number of benzene rings is 2. The first-order chi connectivity index (χ1) is 14.0. The summed E-state index contributed by atoms with van der Waals surface area (Å²) in [6, 6.07) is 12.1. The number of nitrogens with one attached hydrogen (secondary N) is 1. The third-order valence-corrected chi connectivity index (χ3v) is 8.24. The highest BCUT2D eigenvalue weighted by Crippen LogP contribution is 2.32. The number of hydrogen-bond donors (Lipinski definition) is 1. The van der Waals surface area contributed by atoms with E-state index < -0.39 is 10.8 Å². The number of ether oxygens (including phenoxy) is 1. The van der Waals surface area contributed by atoms with E-state index in [2.05, 4.69) is 5.32 Å². The first-order valence-electron chi connectivity index (χ1n) is 9.55. The molecule has 1 aliphatic heterocycles. The van der Waals surface area contributed by atoms with Gasteiger partial charge in [-0.3, -0.25) is 9.00 Å². The van der Waals surface area contributed by atoms with Gasteiger partial charge >= 0.3 is 0 Å². The summed E-state index contributed by atoms with van der Waals surface area (Å²) in [7, 11) is -0.957. The Morgan fingerprint density at radius 1 is 1.24 bits per heavy atom. The van der Waals surface area contributed by atoms with Crippen LogP contribution < -0.4 is 5.32 Å². The van der Waals surface area contributed by atoms with Gasteiger partial charge in [-0.15, -0.1) is 11.3 Å². The SMILES string of the molecule is Cc1c(C(=O)Nc2cccc(CS(=O)C3CCOCC3)c2)sc2ccc(F)cc12. The van der Waals surface area contributed by atoms with E-state index in [1.807, 2.05) is 31.2 Å². The maximum Gasteiger partial charge on any atom is 0.266 e. The number of anilines is 1. The second-order valence-corrected chi connectivity index (χ2v) is 9.96. The Bertz CT molecular complexity index is 1070. The highest BCUT2D eigenvalue weighted by molar-refractivity contribution is 7.84. The number of carbonyl (C=O) groups excluding carboxylic acids is 1. The van der Waals surface area contributed by atoms with E-state index in [1.54, 1.807) is 6.07 Å². The predicted molar refractivity (Wildman–Crippen MR) is 117 cm³/mol. The molecule has 0 radical (unpaired) electrons. The minimum absolute atomic E-state index is 0.170. The van der Waals surface area contributed by atoms with E-state index in [0.29, 0.717) is 29.5 Å².